The molecule has 120 valence electrons. The molecule has 1 fully saturated rings. The van der Waals surface area contributed by atoms with Crippen molar-refractivity contribution in [3.63, 3.8) is 0 Å². The van der Waals surface area contributed by atoms with Gasteiger partial charge in [-0.05, 0) is 44.0 Å². The van der Waals surface area contributed by atoms with Crippen LogP contribution in [-0.2, 0) is 4.79 Å². The zero-order valence-corrected chi connectivity index (χ0v) is 14.0. The average molecular weight is 324 g/mol. The molecule has 1 saturated heterocycles. The number of urea groups is 1. The van der Waals surface area contributed by atoms with Crippen LogP contribution < -0.4 is 10.2 Å². The summed E-state index contributed by atoms with van der Waals surface area (Å²) >= 11 is 5.97. The number of rotatable bonds is 3. The molecule has 1 atom stereocenters. The van der Waals surface area contributed by atoms with Crippen molar-refractivity contribution in [2.24, 2.45) is 0 Å². The first-order valence-corrected chi connectivity index (χ1v) is 7.95. The lowest BCUT2D eigenvalue weighted by molar-refractivity contribution is -0.124. The molecular formula is C16H22ClN3O2. The number of nitrogens with one attached hydrogen (secondary N) is 1. The summed E-state index contributed by atoms with van der Waals surface area (Å²) in [5.74, 6) is -0.0664. The number of nitrogens with zero attached hydrogens (tertiary/aromatic N) is 2. The number of aryl methyl sites for hydroxylation is 1. The van der Waals surface area contributed by atoms with Crippen molar-refractivity contribution < 1.29 is 9.59 Å². The van der Waals surface area contributed by atoms with Crippen LogP contribution in [0.5, 0.6) is 0 Å². The molecule has 1 aliphatic heterocycles. The quantitative estimate of drug-likeness (QED) is 0.930. The highest BCUT2D eigenvalue weighted by Crippen LogP contribution is 2.26. The molecule has 0 spiro atoms. The Morgan fingerprint density at radius 3 is 2.77 bits per heavy atom. The minimum atomic E-state index is -0.472. The second-order valence-corrected chi connectivity index (χ2v) is 5.96. The molecule has 1 aliphatic rings. The summed E-state index contributed by atoms with van der Waals surface area (Å²) in [6.45, 7) is 7.33. The Kier molecular flexibility index (Phi) is 5.29. The Morgan fingerprint density at radius 1 is 1.41 bits per heavy atom. The Bertz CT molecular complexity index is 577. The number of anilines is 1. The molecular weight excluding hydrogens is 302 g/mol. The molecule has 1 unspecified atom stereocenters. The van der Waals surface area contributed by atoms with E-state index in [-0.39, 0.29) is 11.9 Å². The maximum Gasteiger partial charge on any atom is 0.318 e. The van der Waals surface area contributed by atoms with Crippen LogP contribution in [0.1, 0.15) is 25.8 Å². The van der Waals surface area contributed by atoms with Crippen LogP contribution in [0.25, 0.3) is 0 Å². The van der Waals surface area contributed by atoms with Gasteiger partial charge in [-0.1, -0.05) is 18.5 Å². The number of hydrogen-bond acceptors (Lipinski definition) is 2. The van der Waals surface area contributed by atoms with Crippen LogP contribution in [0.15, 0.2) is 18.2 Å². The predicted molar refractivity (Wildman–Crippen MR) is 88.4 cm³/mol. The fourth-order valence-corrected chi connectivity index (χ4v) is 2.87. The first-order valence-electron chi connectivity index (χ1n) is 7.57. The maximum atomic E-state index is 12.6. The molecule has 0 saturated carbocycles. The van der Waals surface area contributed by atoms with Crippen molar-refractivity contribution in [3.05, 3.63) is 28.8 Å². The molecule has 1 heterocycles. The van der Waals surface area contributed by atoms with Gasteiger partial charge in [0.25, 0.3) is 0 Å². The van der Waals surface area contributed by atoms with E-state index in [9.17, 15) is 9.59 Å². The van der Waals surface area contributed by atoms with Crippen molar-refractivity contribution in [2.45, 2.75) is 33.2 Å². The van der Waals surface area contributed by atoms with E-state index >= 15 is 0 Å². The van der Waals surface area contributed by atoms with Gasteiger partial charge < -0.3 is 15.1 Å². The third-order valence-electron chi connectivity index (χ3n) is 3.89. The molecule has 0 aromatic heterocycles. The van der Waals surface area contributed by atoms with Gasteiger partial charge in [-0.3, -0.25) is 4.79 Å². The first kappa shape index (κ1) is 16.6. The van der Waals surface area contributed by atoms with Crippen molar-refractivity contribution in [2.75, 3.05) is 24.5 Å². The van der Waals surface area contributed by atoms with E-state index in [4.69, 9.17) is 11.6 Å². The van der Waals surface area contributed by atoms with Gasteiger partial charge in [0.15, 0.2) is 0 Å². The number of amides is 3. The summed E-state index contributed by atoms with van der Waals surface area (Å²) < 4.78 is 0. The fourth-order valence-electron chi connectivity index (χ4n) is 2.64. The van der Waals surface area contributed by atoms with Crippen LogP contribution in [0.2, 0.25) is 5.02 Å². The second kappa shape index (κ2) is 7.01. The van der Waals surface area contributed by atoms with E-state index in [1.54, 1.807) is 22.8 Å². The molecule has 6 heteroatoms. The van der Waals surface area contributed by atoms with Crippen molar-refractivity contribution in [3.8, 4) is 0 Å². The Balaban J connectivity index is 2.14. The number of benzene rings is 1. The first-order chi connectivity index (χ1) is 10.5. The SMILES string of the molecule is CCCNC(=O)N1CCN(c2ccc(Cl)cc2C)C(=O)C1C. The van der Waals surface area contributed by atoms with E-state index in [1.807, 2.05) is 26.0 Å². The molecule has 0 aliphatic carbocycles. The lowest BCUT2D eigenvalue weighted by Gasteiger charge is -2.39. The maximum absolute atomic E-state index is 12.6. The zero-order chi connectivity index (χ0) is 16.3. The van der Waals surface area contributed by atoms with E-state index in [0.717, 1.165) is 17.7 Å². The van der Waals surface area contributed by atoms with Crippen LogP contribution in [-0.4, -0.2) is 42.5 Å². The topological polar surface area (TPSA) is 52.7 Å². The Labute approximate surface area is 136 Å². The van der Waals surface area contributed by atoms with Crippen LogP contribution >= 0.6 is 11.6 Å². The van der Waals surface area contributed by atoms with Crippen molar-refractivity contribution in [1.29, 1.82) is 0 Å². The van der Waals surface area contributed by atoms with Crippen molar-refractivity contribution >= 4 is 29.2 Å². The lowest BCUT2D eigenvalue weighted by Crippen LogP contribution is -2.60. The van der Waals surface area contributed by atoms with Gasteiger partial charge in [-0.2, -0.15) is 0 Å². The normalized spacial score (nSPS) is 18.5. The van der Waals surface area contributed by atoms with Gasteiger partial charge in [0.2, 0.25) is 5.91 Å². The van der Waals surface area contributed by atoms with E-state index < -0.39 is 6.04 Å². The van der Waals surface area contributed by atoms with Crippen molar-refractivity contribution in [1.82, 2.24) is 10.2 Å². The monoisotopic (exact) mass is 323 g/mol. The summed E-state index contributed by atoms with van der Waals surface area (Å²) in [6, 6.07) is 4.84. The summed E-state index contributed by atoms with van der Waals surface area (Å²) in [7, 11) is 0. The zero-order valence-electron chi connectivity index (χ0n) is 13.2. The molecule has 22 heavy (non-hydrogen) atoms. The molecule has 5 nitrogen and oxygen atoms in total. The third-order valence-corrected chi connectivity index (χ3v) is 4.13. The minimum absolute atomic E-state index is 0.0664. The van der Waals surface area contributed by atoms with Gasteiger partial charge in [-0.15, -0.1) is 0 Å². The Hall–Kier alpha value is -1.75. The molecule has 2 rings (SSSR count). The molecule has 3 amide bonds. The van der Waals surface area contributed by atoms with Gasteiger partial charge in [0, 0.05) is 30.3 Å². The predicted octanol–water partition coefficient (Wildman–Crippen LogP) is 2.81. The molecule has 1 N–H and O–H groups in total. The van der Waals surface area contributed by atoms with E-state index in [0.29, 0.717) is 24.7 Å². The molecule has 1 aromatic rings. The van der Waals surface area contributed by atoms with Crippen LogP contribution in [0, 0.1) is 6.92 Å². The van der Waals surface area contributed by atoms with Gasteiger partial charge in [0.1, 0.15) is 6.04 Å². The highest BCUT2D eigenvalue weighted by molar-refractivity contribution is 6.30. The largest absolute Gasteiger partial charge is 0.338 e. The summed E-state index contributed by atoms with van der Waals surface area (Å²) in [4.78, 5) is 28.1. The smallest absolute Gasteiger partial charge is 0.318 e. The third kappa shape index (κ3) is 3.35. The number of halogens is 1. The molecule has 1 aromatic carbocycles. The highest BCUT2D eigenvalue weighted by atomic mass is 35.5. The highest BCUT2D eigenvalue weighted by Gasteiger charge is 2.35. The Morgan fingerprint density at radius 2 is 2.14 bits per heavy atom. The molecule has 0 bridgehead atoms. The standard InChI is InChI=1S/C16H22ClN3O2/c1-4-7-18-16(22)19-8-9-20(15(21)12(19)3)14-6-5-13(17)10-11(14)2/h5-6,10,12H,4,7-9H2,1-3H3,(H,18,22). The average Bonchev–Trinajstić information content (AvgIpc) is 2.48. The summed E-state index contributed by atoms with van der Waals surface area (Å²) in [5, 5.41) is 3.48. The number of hydrogen-bond donors (Lipinski definition) is 1. The second-order valence-electron chi connectivity index (χ2n) is 5.52. The molecule has 0 radical (unpaired) electrons. The van der Waals surface area contributed by atoms with E-state index in [1.165, 1.54) is 0 Å². The fraction of sp³-hybridized carbons (Fsp3) is 0.500. The summed E-state index contributed by atoms with van der Waals surface area (Å²) in [6.07, 6.45) is 0.873. The van der Waals surface area contributed by atoms with Crippen LogP contribution in [0.4, 0.5) is 10.5 Å². The van der Waals surface area contributed by atoms with E-state index in [2.05, 4.69) is 5.32 Å². The number of carbonyl (C=O) groups is 2. The van der Waals surface area contributed by atoms with Gasteiger partial charge in [0.05, 0.1) is 0 Å². The van der Waals surface area contributed by atoms with Crippen LogP contribution in [0.3, 0.4) is 0 Å². The van der Waals surface area contributed by atoms with Gasteiger partial charge in [-0.25, -0.2) is 4.79 Å². The minimum Gasteiger partial charge on any atom is -0.338 e. The number of piperazine rings is 1. The summed E-state index contributed by atoms with van der Waals surface area (Å²) in [5.41, 5.74) is 1.81. The van der Waals surface area contributed by atoms with Gasteiger partial charge >= 0.3 is 6.03 Å². The number of carbonyl (C=O) groups excluding carboxylic acids is 2. The lowest BCUT2D eigenvalue weighted by atomic mass is 10.1.